The van der Waals surface area contributed by atoms with Crippen LogP contribution in [0.5, 0.6) is 0 Å². The van der Waals surface area contributed by atoms with Crippen LogP contribution >= 0.6 is 34.3 Å². The fourth-order valence-corrected chi connectivity index (χ4v) is 2.57. The lowest BCUT2D eigenvalue weighted by Crippen LogP contribution is -1.73. The van der Waals surface area contributed by atoms with E-state index in [1.54, 1.807) is 0 Å². The Labute approximate surface area is 90.8 Å². The van der Waals surface area contributed by atoms with Gasteiger partial charge in [-0.3, -0.25) is 4.37 Å². The van der Waals surface area contributed by atoms with Gasteiger partial charge in [-0.15, -0.1) is 10.2 Å². The van der Waals surface area contributed by atoms with Crippen LogP contribution in [0.1, 0.15) is 0 Å². The minimum atomic E-state index is 0.924. The van der Waals surface area contributed by atoms with Crippen LogP contribution in [0.2, 0.25) is 0 Å². The van der Waals surface area contributed by atoms with Crippen LogP contribution in [0.25, 0.3) is 21.9 Å². The maximum Gasteiger partial charge on any atom is 0.135 e. The number of hydrogen-bond donors (Lipinski definition) is 1. The van der Waals surface area contributed by atoms with Gasteiger partial charge in [0.2, 0.25) is 0 Å². The Morgan fingerprint density at radius 2 is 2.08 bits per heavy atom. The van der Waals surface area contributed by atoms with Gasteiger partial charge in [0.05, 0.1) is 16.4 Å². The van der Waals surface area contributed by atoms with Crippen LogP contribution in [0.4, 0.5) is 0 Å². The van der Waals surface area contributed by atoms with E-state index in [1.807, 2.05) is 12.1 Å². The first-order valence-corrected chi connectivity index (χ1v) is 5.46. The van der Waals surface area contributed by atoms with Gasteiger partial charge in [0, 0.05) is 11.7 Å². The summed E-state index contributed by atoms with van der Waals surface area (Å²) in [4.78, 5) is 0. The van der Waals surface area contributed by atoms with Crippen molar-refractivity contribution in [3.05, 3.63) is 15.8 Å². The molecule has 0 aliphatic carbocycles. The second-order valence-corrected chi connectivity index (χ2v) is 4.22. The topological polar surface area (TPSA) is 54.5 Å². The molecule has 3 aromatic rings. The summed E-state index contributed by atoms with van der Waals surface area (Å²) < 4.78 is 8.28. The van der Waals surface area contributed by atoms with Crippen LogP contribution < -0.4 is 0 Å². The quantitative estimate of drug-likeness (QED) is 0.648. The fourth-order valence-electron chi connectivity index (χ4n) is 1.32. The summed E-state index contributed by atoms with van der Waals surface area (Å²) >= 11 is 3.53. The van der Waals surface area contributed by atoms with Gasteiger partial charge in [0.15, 0.2) is 0 Å². The van der Waals surface area contributed by atoms with Gasteiger partial charge >= 0.3 is 0 Å². The smallest absolute Gasteiger partial charge is 0.135 e. The Kier molecular flexibility index (Phi) is 1.53. The summed E-state index contributed by atoms with van der Waals surface area (Å²) in [5.41, 5.74) is 2.94. The number of halogens is 1. The zero-order valence-electron chi connectivity index (χ0n) is 6.28. The lowest BCUT2D eigenvalue weighted by Gasteiger charge is -1.88. The average Bonchev–Trinajstić information content (AvgIpc) is 2.70. The molecule has 0 fully saturated rings. The van der Waals surface area contributed by atoms with E-state index in [9.17, 15) is 0 Å². The third-order valence-electron chi connectivity index (χ3n) is 1.90. The zero-order valence-corrected chi connectivity index (χ0v) is 9.26. The normalized spacial score (nSPS) is 11.5. The highest BCUT2D eigenvalue weighted by atomic mass is 127. The molecule has 1 N–H and O–H groups in total. The minimum absolute atomic E-state index is 0.924. The molecular formula is C7H3IN4S. The molecule has 64 valence electrons. The van der Waals surface area contributed by atoms with Crippen molar-refractivity contribution in [3.63, 3.8) is 0 Å². The first-order valence-electron chi connectivity index (χ1n) is 3.61. The number of aromatic amines is 1. The molecule has 0 saturated carbocycles. The van der Waals surface area contributed by atoms with Crippen molar-refractivity contribution in [3.8, 4) is 0 Å². The minimum Gasteiger partial charge on any atom is -0.293 e. The molecule has 6 heteroatoms. The molecule has 3 rings (SSSR count). The van der Waals surface area contributed by atoms with E-state index in [-0.39, 0.29) is 0 Å². The van der Waals surface area contributed by atoms with Gasteiger partial charge in [-0.05, 0) is 34.7 Å². The standard InChI is InChI=1S/C7H3IN4S/c8-7-5-3(9-10-7)1-2-4-6(5)12-13-11-4/h1-2,12H. The largest absolute Gasteiger partial charge is 0.293 e. The number of H-pyrrole nitrogens is 1. The van der Waals surface area contributed by atoms with Gasteiger partial charge in [-0.25, -0.2) is 0 Å². The van der Waals surface area contributed by atoms with Gasteiger partial charge in [-0.2, -0.15) is 4.37 Å². The SMILES string of the molecule is Ic1nnc2ccc3ns[nH]c3c12. The molecule has 0 amide bonds. The van der Waals surface area contributed by atoms with Crippen molar-refractivity contribution in [1.82, 2.24) is 18.9 Å². The maximum absolute atomic E-state index is 4.22. The Morgan fingerprint density at radius 1 is 1.23 bits per heavy atom. The number of fused-ring (bicyclic) bond motifs is 3. The number of hydrogen-bond acceptors (Lipinski definition) is 4. The zero-order chi connectivity index (χ0) is 8.84. The van der Waals surface area contributed by atoms with Crippen LogP contribution in [0.3, 0.4) is 0 Å². The van der Waals surface area contributed by atoms with Gasteiger partial charge in [0.25, 0.3) is 0 Å². The molecule has 0 bridgehead atoms. The number of benzene rings is 1. The highest BCUT2D eigenvalue weighted by Gasteiger charge is 2.09. The van der Waals surface area contributed by atoms with E-state index in [1.165, 1.54) is 11.7 Å². The van der Waals surface area contributed by atoms with E-state index in [4.69, 9.17) is 0 Å². The molecule has 0 aliphatic rings. The maximum atomic E-state index is 4.22. The molecule has 1 aromatic carbocycles. The van der Waals surface area contributed by atoms with Gasteiger partial charge < -0.3 is 0 Å². The van der Waals surface area contributed by atoms with E-state index < -0.39 is 0 Å². The van der Waals surface area contributed by atoms with Crippen LogP contribution in [0, 0.1) is 3.70 Å². The Balaban J connectivity index is 2.70. The predicted octanol–water partition coefficient (Wildman–Crippen LogP) is 2.17. The Bertz CT molecular complexity index is 584. The molecule has 13 heavy (non-hydrogen) atoms. The van der Waals surface area contributed by atoms with Crippen molar-refractivity contribution in [2.75, 3.05) is 0 Å². The highest BCUT2D eigenvalue weighted by molar-refractivity contribution is 14.1. The van der Waals surface area contributed by atoms with Crippen molar-refractivity contribution < 1.29 is 0 Å². The van der Waals surface area contributed by atoms with Gasteiger partial charge in [0.1, 0.15) is 9.22 Å². The molecule has 4 nitrogen and oxygen atoms in total. The summed E-state index contributed by atoms with van der Waals surface area (Å²) in [5.74, 6) is 0. The highest BCUT2D eigenvalue weighted by Crippen LogP contribution is 2.25. The second-order valence-electron chi connectivity index (χ2n) is 2.63. The molecule has 2 heterocycles. The molecule has 0 aliphatic heterocycles. The van der Waals surface area contributed by atoms with E-state index >= 15 is 0 Å². The molecule has 2 aromatic heterocycles. The molecular weight excluding hydrogens is 299 g/mol. The van der Waals surface area contributed by atoms with Crippen molar-refractivity contribution >= 4 is 56.3 Å². The van der Waals surface area contributed by atoms with Crippen LogP contribution in [-0.2, 0) is 0 Å². The summed E-state index contributed by atoms with van der Waals surface area (Å²) in [5, 5.41) is 9.14. The van der Waals surface area contributed by atoms with E-state index in [0.29, 0.717) is 0 Å². The van der Waals surface area contributed by atoms with Crippen molar-refractivity contribution in [2.24, 2.45) is 0 Å². The predicted molar refractivity (Wildman–Crippen MR) is 59.8 cm³/mol. The van der Waals surface area contributed by atoms with Crippen LogP contribution in [0.15, 0.2) is 12.1 Å². The summed E-state index contributed by atoms with van der Waals surface area (Å²) in [6.45, 7) is 0. The van der Waals surface area contributed by atoms with Crippen molar-refractivity contribution in [2.45, 2.75) is 0 Å². The lowest BCUT2D eigenvalue weighted by molar-refractivity contribution is 1.09. The first-order chi connectivity index (χ1) is 6.36. The Hall–Kier alpha value is -0.760. The summed E-state index contributed by atoms with van der Waals surface area (Å²) in [7, 11) is 0. The Morgan fingerprint density at radius 3 is 3.00 bits per heavy atom. The molecule has 0 spiro atoms. The van der Waals surface area contributed by atoms with E-state index in [2.05, 4.69) is 41.5 Å². The lowest BCUT2D eigenvalue weighted by atomic mass is 10.2. The first kappa shape index (κ1) is 7.63. The third-order valence-corrected chi connectivity index (χ3v) is 3.24. The number of aromatic nitrogens is 4. The monoisotopic (exact) mass is 302 g/mol. The van der Waals surface area contributed by atoms with Gasteiger partial charge in [-0.1, -0.05) is 0 Å². The molecule has 0 radical (unpaired) electrons. The average molecular weight is 302 g/mol. The molecule has 0 saturated heterocycles. The van der Waals surface area contributed by atoms with Crippen LogP contribution in [-0.4, -0.2) is 18.9 Å². The summed E-state index contributed by atoms with van der Waals surface area (Å²) in [6, 6.07) is 3.90. The molecule has 0 unspecified atom stereocenters. The third kappa shape index (κ3) is 0.983. The number of rotatable bonds is 0. The fraction of sp³-hybridized carbons (Fsp3) is 0. The summed E-state index contributed by atoms with van der Waals surface area (Å²) in [6.07, 6.45) is 0. The second kappa shape index (κ2) is 2.61. The number of nitrogens with one attached hydrogen (secondary N) is 1. The molecule has 0 atom stereocenters. The number of nitrogens with zero attached hydrogens (tertiary/aromatic N) is 3. The van der Waals surface area contributed by atoms with Crippen molar-refractivity contribution in [1.29, 1.82) is 0 Å². The van der Waals surface area contributed by atoms with E-state index in [0.717, 1.165) is 25.6 Å².